The van der Waals surface area contributed by atoms with Crippen LogP contribution in [0.5, 0.6) is 0 Å². The second kappa shape index (κ2) is 7.53. The molecule has 0 saturated carbocycles. The number of carbonyl (C=O) groups is 1. The first kappa shape index (κ1) is 19.7. The van der Waals surface area contributed by atoms with Gasteiger partial charge >= 0.3 is 0 Å². The van der Waals surface area contributed by atoms with Gasteiger partial charge < -0.3 is 10.6 Å². The predicted molar refractivity (Wildman–Crippen MR) is 97.6 cm³/mol. The Morgan fingerprint density at radius 2 is 1.74 bits per heavy atom. The van der Waals surface area contributed by atoms with Crippen molar-refractivity contribution in [2.45, 2.75) is 42.5 Å². The quantitative estimate of drug-likeness (QED) is 0.519. The Labute approximate surface area is 158 Å². The van der Waals surface area contributed by atoms with E-state index >= 15 is 0 Å². The van der Waals surface area contributed by atoms with E-state index in [2.05, 4.69) is 0 Å². The van der Waals surface area contributed by atoms with Gasteiger partial charge in [-0.3, -0.25) is 14.9 Å². The molecule has 2 fully saturated rings. The molecule has 0 aliphatic carbocycles. The summed E-state index contributed by atoms with van der Waals surface area (Å²) < 4.78 is 27.2. The zero-order chi connectivity index (χ0) is 19.7. The first-order chi connectivity index (χ1) is 12.8. The number of nitrogens with two attached hydrogens (primary N) is 1. The molecule has 148 valence electrons. The van der Waals surface area contributed by atoms with Crippen molar-refractivity contribution in [1.29, 1.82) is 0 Å². The summed E-state index contributed by atoms with van der Waals surface area (Å²) >= 11 is 0. The highest BCUT2D eigenvalue weighted by Crippen LogP contribution is 2.30. The SMILES string of the molecule is NC(=O)C1([NH+]2CCCCC2)CCN(S(=O)(=O)c2ccccc2[N+](=O)[O-])CC1. The van der Waals surface area contributed by atoms with Crippen LogP contribution in [0.4, 0.5) is 5.69 Å². The summed E-state index contributed by atoms with van der Waals surface area (Å²) in [7, 11) is -4.01. The van der Waals surface area contributed by atoms with E-state index in [-0.39, 0.29) is 23.9 Å². The molecule has 0 atom stereocenters. The van der Waals surface area contributed by atoms with E-state index < -0.39 is 26.2 Å². The molecule has 0 spiro atoms. The molecule has 0 unspecified atom stereocenters. The van der Waals surface area contributed by atoms with Crippen LogP contribution in [0.3, 0.4) is 0 Å². The number of nitro benzene ring substituents is 1. The van der Waals surface area contributed by atoms with Crippen molar-refractivity contribution in [2.75, 3.05) is 26.2 Å². The van der Waals surface area contributed by atoms with Crippen molar-refractivity contribution in [3.8, 4) is 0 Å². The number of piperidine rings is 2. The van der Waals surface area contributed by atoms with Crippen molar-refractivity contribution in [1.82, 2.24) is 4.31 Å². The van der Waals surface area contributed by atoms with Gasteiger partial charge in [-0.2, -0.15) is 4.31 Å². The van der Waals surface area contributed by atoms with E-state index in [0.29, 0.717) is 12.8 Å². The van der Waals surface area contributed by atoms with Crippen LogP contribution >= 0.6 is 0 Å². The molecule has 1 aromatic rings. The monoisotopic (exact) mass is 397 g/mol. The van der Waals surface area contributed by atoms with Gasteiger partial charge in [-0.15, -0.1) is 0 Å². The number of nitro groups is 1. The van der Waals surface area contributed by atoms with Crippen LogP contribution in [0.25, 0.3) is 0 Å². The topological polar surface area (TPSA) is 128 Å². The maximum absolute atomic E-state index is 13.0. The average Bonchev–Trinajstić information content (AvgIpc) is 2.68. The third-order valence-electron chi connectivity index (χ3n) is 5.86. The molecular formula is C17H25N4O5S+. The van der Waals surface area contributed by atoms with Crippen molar-refractivity contribution in [3.63, 3.8) is 0 Å². The molecule has 9 nitrogen and oxygen atoms in total. The number of nitrogens with one attached hydrogen (secondary N) is 1. The summed E-state index contributed by atoms with van der Waals surface area (Å²) in [6.07, 6.45) is 3.86. The third kappa shape index (κ3) is 3.56. The second-order valence-electron chi connectivity index (χ2n) is 7.24. The van der Waals surface area contributed by atoms with Gasteiger partial charge in [0.05, 0.1) is 18.0 Å². The molecule has 2 aliphatic heterocycles. The molecule has 1 aromatic carbocycles. The number of amides is 1. The second-order valence-corrected chi connectivity index (χ2v) is 9.15. The maximum Gasteiger partial charge on any atom is 0.289 e. The molecule has 27 heavy (non-hydrogen) atoms. The van der Waals surface area contributed by atoms with Crippen LogP contribution < -0.4 is 10.6 Å². The zero-order valence-corrected chi connectivity index (χ0v) is 15.9. The first-order valence-corrected chi connectivity index (χ1v) is 10.6. The molecule has 2 saturated heterocycles. The lowest BCUT2D eigenvalue weighted by molar-refractivity contribution is -0.948. The van der Waals surface area contributed by atoms with Gasteiger partial charge in [-0.1, -0.05) is 12.1 Å². The maximum atomic E-state index is 13.0. The highest BCUT2D eigenvalue weighted by atomic mass is 32.2. The summed E-state index contributed by atoms with van der Waals surface area (Å²) in [5.41, 5.74) is 4.55. The molecule has 10 heteroatoms. The summed E-state index contributed by atoms with van der Waals surface area (Å²) in [6.45, 7) is 1.97. The lowest BCUT2D eigenvalue weighted by atomic mass is 9.84. The Morgan fingerprint density at radius 1 is 1.15 bits per heavy atom. The number of primary amides is 1. The molecule has 2 aliphatic rings. The van der Waals surface area contributed by atoms with E-state index in [1.807, 2.05) is 0 Å². The minimum Gasteiger partial charge on any atom is -0.364 e. The van der Waals surface area contributed by atoms with E-state index in [1.54, 1.807) is 0 Å². The summed E-state index contributed by atoms with van der Waals surface area (Å²) in [6, 6.07) is 5.34. The lowest BCUT2D eigenvalue weighted by Crippen LogP contribution is -3.22. The van der Waals surface area contributed by atoms with Crippen LogP contribution in [0, 0.1) is 10.1 Å². The Morgan fingerprint density at radius 3 is 2.30 bits per heavy atom. The number of benzene rings is 1. The van der Waals surface area contributed by atoms with Crippen LogP contribution in [0.1, 0.15) is 32.1 Å². The standard InChI is InChI=1S/C17H24N4O5S/c18-16(22)17(19-10-4-1-5-11-19)8-12-20(13-9-17)27(25,26)15-7-3-2-6-14(15)21(23)24/h2-3,6-7H,1,4-5,8-13H2,(H2,18,22)/p+1. The van der Waals surface area contributed by atoms with Gasteiger partial charge in [0, 0.05) is 32.0 Å². The van der Waals surface area contributed by atoms with Crippen LogP contribution in [0.2, 0.25) is 0 Å². The normalized spacial score (nSPS) is 21.6. The molecule has 1 amide bonds. The summed E-state index contributed by atoms with van der Waals surface area (Å²) in [4.78, 5) is 23.6. The van der Waals surface area contributed by atoms with Gasteiger partial charge in [0.1, 0.15) is 0 Å². The zero-order valence-electron chi connectivity index (χ0n) is 15.1. The van der Waals surface area contributed by atoms with Crippen LogP contribution in [-0.2, 0) is 14.8 Å². The van der Waals surface area contributed by atoms with E-state index in [1.165, 1.54) is 28.6 Å². The number of nitrogens with zero attached hydrogens (tertiary/aromatic N) is 2. The highest BCUT2D eigenvalue weighted by molar-refractivity contribution is 7.89. The van der Waals surface area contributed by atoms with Crippen molar-refractivity contribution in [3.05, 3.63) is 34.4 Å². The fourth-order valence-corrected chi connectivity index (χ4v) is 5.90. The smallest absolute Gasteiger partial charge is 0.289 e. The highest BCUT2D eigenvalue weighted by Gasteiger charge is 2.51. The molecule has 2 heterocycles. The summed E-state index contributed by atoms with van der Waals surface area (Å²) in [5, 5.41) is 11.2. The Balaban J connectivity index is 1.84. The lowest BCUT2D eigenvalue weighted by Gasteiger charge is -2.44. The number of carbonyl (C=O) groups excluding carboxylic acids is 1. The molecular weight excluding hydrogens is 372 g/mol. The van der Waals surface area contributed by atoms with E-state index in [4.69, 9.17) is 5.73 Å². The Kier molecular flexibility index (Phi) is 5.50. The van der Waals surface area contributed by atoms with Gasteiger partial charge in [0.25, 0.3) is 11.6 Å². The number of hydrogen-bond donors (Lipinski definition) is 2. The molecule has 0 radical (unpaired) electrons. The number of likely N-dealkylation sites (tertiary alicyclic amines) is 1. The fourth-order valence-electron chi connectivity index (χ4n) is 4.30. The molecule has 0 bridgehead atoms. The Hall–Kier alpha value is -2.04. The van der Waals surface area contributed by atoms with E-state index in [0.717, 1.165) is 37.3 Å². The van der Waals surface area contributed by atoms with Gasteiger partial charge in [0.15, 0.2) is 10.4 Å². The molecule has 3 N–H and O–H groups in total. The van der Waals surface area contributed by atoms with Gasteiger partial charge in [0.2, 0.25) is 10.0 Å². The third-order valence-corrected chi connectivity index (χ3v) is 7.81. The van der Waals surface area contributed by atoms with Crippen molar-refractivity contribution in [2.24, 2.45) is 5.73 Å². The van der Waals surface area contributed by atoms with Gasteiger partial charge in [-0.05, 0) is 25.3 Å². The van der Waals surface area contributed by atoms with Gasteiger partial charge in [-0.25, -0.2) is 8.42 Å². The molecule has 3 rings (SSSR count). The predicted octanol–water partition coefficient (Wildman–Crippen LogP) is -0.328. The van der Waals surface area contributed by atoms with E-state index in [9.17, 15) is 23.3 Å². The minimum atomic E-state index is -4.01. The number of rotatable bonds is 5. The number of hydrogen-bond acceptors (Lipinski definition) is 5. The average molecular weight is 397 g/mol. The van der Waals surface area contributed by atoms with Crippen LogP contribution in [-0.4, -0.2) is 55.3 Å². The molecule has 0 aromatic heterocycles. The minimum absolute atomic E-state index is 0.126. The largest absolute Gasteiger partial charge is 0.364 e. The first-order valence-electron chi connectivity index (χ1n) is 9.18. The van der Waals surface area contributed by atoms with Crippen molar-refractivity contribution < 1.29 is 23.0 Å². The van der Waals surface area contributed by atoms with Crippen molar-refractivity contribution >= 4 is 21.6 Å². The number of sulfonamides is 1. The fraction of sp³-hybridized carbons (Fsp3) is 0.588. The van der Waals surface area contributed by atoms with Crippen LogP contribution in [0.15, 0.2) is 29.2 Å². The number of quaternary nitrogens is 1. The number of para-hydroxylation sites is 1. The summed E-state index contributed by atoms with van der Waals surface area (Å²) in [5.74, 6) is -0.387. The Bertz CT molecular complexity index is 827.